The molecule has 0 spiro atoms. The summed E-state index contributed by atoms with van der Waals surface area (Å²) in [4.78, 5) is 75.1. The molecule has 0 aliphatic carbocycles. The van der Waals surface area contributed by atoms with Crippen LogP contribution in [0.25, 0.3) is 0 Å². The van der Waals surface area contributed by atoms with Gasteiger partial charge in [-0.25, -0.2) is 4.79 Å². The zero-order valence-corrected chi connectivity index (χ0v) is 78.3. The molecule has 5 heterocycles. The van der Waals surface area contributed by atoms with Crippen LogP contribution >= 0.6 is 82.4 Å². The van der Waals surface area contributed by atoms with Crippen molar-refractivity contribution in [2.45, 2.75) is 165 Å². The summed E-state index contributed by atoms with van der Waals surface area (Å²) in [6.45, 7) is 43.6. The summed E-state index contributed by atoms with van der Waals surface area (Å²) in [5.74, 6) is 0.310. The molecule has 8 aromatic carbocycles. The summed E-state index contributed by atoms with van der Waals surface area (Å²) in [5.41, 5.74) is 41.0. The molecule has 5 saturated heterocycles. The molecule has 5 aliphatic heterocycles. The number of isothiocyanates is 1. The number of nitrogens with one attached hydrogen (secondary N) is 1. The molecule has 654 valence electrons. The molecule has 0 unspecified atom stereocenters. The molecular weight excluding hydrogens is 1670 g/mol. The van der Waals surface area contributed by atoms with Gasteiger partial charge in [0.1, 0.15) is 5.60 Å². The van der Waals surface area contributed by atoms with Crippen molar-refractivity contribution in [3.05, 3.63) is 255 Å². The molecule has 20 nitrogen and oxygen atoms in total. The van der Waals surface area contributed by atoms with E-state index < -0.39 is 5.60 Å². The molecule has 13 rings (SSSR count). The molecule has 0 radical (unpaired) electrons. The Hall–Kier alpha value is -8.10. The van der Waals surface area contributed by atoms with Gasteiger partial charge in [-0.15, -0.1) is 0 Å². The quantitative estimate of drug-likeness (QED) is 0.0324. The summed E-state index contributed by atoms with van der Waals surface area (Å²) in [6, 6.07) is 48.8. The number of halogens is 5. The van der Waals surface area contributed by atoms with E-state index in [0.717, 1.165) is 217 Å². The van der Waals surface area contributed by atoms with Crippen molar-refractivity contribution >= 4 is 139 Å². The minimum Gasteiger partial charge on any atom is -0.444 e. The van der Waals surface area contributed by atoms with Crippen molar-refractivity contribution in [2.75, 3.05) is 122 Å². The lowest BCUT2D eigenvalue weighted by molar-refractivity contribution is 0.000483. The molecule has 9 N–H and O–H groups in total. The van der Waals surface area contributed by atoms with Crippen LogP contribution in [0.1, 0.15) is 148 Å². The molecule has 5 atom stereocenters. The first-order valence-electron chi connectivity index (χ1n) is 41.9. The Kier molecular flexibility index (Phi) is 37.0. The molecule has 0 saturated carbocycles. The first kappa shape index (κ1) is 97.7. The Balaban J connectivity index is 0.000000175. The number of piperazine rings is 5. The first-order chi connectivity index (χ1) is 57.9. The molecule has 27 heteroatoms. The van der Waals surface area contributed by atoms with Crippen LogP contribution in [0, 0.1) is 34.6 Å². The monoisotopic (exact) mass is 1790 g/mol. The highest BCUT2D eigenvalue weighted by molar-refractivity contribution is 7.80. The lowest BCUT2D eigenvalue weighted by atomic mass is 9.98. The van der Waals surface area contributed by atoms with Gasteiger partial charge in [-0.2, -0.15) is 4.99 Å². The largest absolute Gasteiger partial charge is 0.444 e. The molecule has 4 amide bonds. The SMILES string of the molecule is Cc1c(CC(=S)CN)cc(Cl)cc1CN1CCN(C(=O)c2ccccc2)[C@@H](C)C1.Cc1c(CN2CCN(C(=O)c3ccccc3)[C@@H](C)C2)cc(Cl)cc1N=C=S.Cc1c(N)cc(Cl)cc1CN1CCN(C(=O)OC(C)(C)C)[C@@H](C)C1.Cc1c(N)cc(Cl)cc1CN1CCN(C(=O)c2ccccc2)[C@@H](C)C1.Cc1c(N)cc(Cl)cc1CN1CCN[C@@H](C)C1. The minimum absolute atomic E-state index is 0.0966. The fraction of sp³-hybridized carbons (Fsp3) is 0.432. The number of aliphatic imine (C=N–C) groups is 1. The van der Waals surface area contributed by atoms with E-state index in [1.165, 1.54) is 16.7 Å². The number of rotatable bonds is 17. The number of carbonyl (C=O) groups excluding carboxylic acids is 4. The van der Waals surface area contributed by atoms with Gasteiger partial charge in [0.15, 0.2) is 0 Å². The number of hydrogen-bond donors (Lipinski definition) is 5. The standard InChI is InChI=1S/C23H28ClN3OS.C21H22ClN3OS.C20H24ClN3O.C18H28ClN3O2.C13H20ClN3/c1-16-14-26(8-9-27(16)23(28)18-6-4-3-5-7-18)15-20-11-21(24)10-19(17(20)2)12-22(29)13-25;1-15-12-24(8-9-25(15)21(26)17-6-4-3-5-7-17)13-18-10-19(22)11-20(16(18)2)23-14-27;1-14-12-23(13-17-10-18(21)11-19(22)15(17)2)8-9-24(14)20(25)16-6-4-3-5-7-16;1-12-10-21(6-7-22(12)17(23)24-18(3,4)5)11-14-8-15(19)9-16(20)13(14)2;1-9-7-17(4-3-16-9)8-11-5-12(14)6-13(15)10(11)2/h3-7,10-11,16H,8-9,12-15,25H2,1-2H3;3-7,10-11,15H,8-9,12-13H2,1-2H3;3-7,10-11,14H,8-9,12-13,22H2,1-2H3;8-9,12H,6-7,10-11,20H2,1-5H3;5-6,9,16H,3-4,7-8,15H2,1-2H3/t16-;15-;14-;12-;9-/m00000/s1. The molecule has 8 aromatic rings. The van der Waals surface area contributed by atoms with E-state index >= 15 is 0 Å². The highest BCUT2D eigenvalue weighted by Gasteiger charge is 2.34. The van der Waals surface area contributed by atoms with Crippen molar-refractivity contribution in [1.82, 2.24) is 49.4 Å². The van der Waals surface area contributed by atoms with Crippen LogP contribution in [0.5, 0.6) is 0 Å². The number of amides is 4. The van der Waals surface area contributed by atoms with Crippen molar-refractivity contribution in [3.63, 3.8) is 0 Å². The third kappa shape index (κ3) is 28.5. The molecule has 122 heavy (non-hydrogen) atoms. The summed E-state index contributed by atoms with van der Waals surface area (Å²) >= 11 is 41.0. The third-order valence-corrected chi connectivity index (χ3v) is 24.6. The van der Waals surface area contributed by atoms with E-state index in [-0.39, 0.29) is 48.0 Å². The van der Waals surface area contributed by atoms with Crippen molar-refractivity contribution in [1.29, 1.82) is 0 Å². The smallest absolute Gasteiger partial charge is 0.410 e. The van der Waals surface area contributed by atoms with Crippen LogP contribution in [0.2, 0.25) is 25.1 Å². The Morgan fingerprint density at radius 3 is 1.06 bits per heavy atom. The van der Waals surface area contributed by atoms with Crippen LogP contribution in [0.15, 0.2) is 157 Å². The van der Waals surface area contributed by atoms with E-state index in [4.69, 9.17) is 110 Å². The van der Waals surface area contributed by atoms with Crippen LogP contribution in [0.3, 0.4) is 0 Å². The van der Waals surface area contributed by atoms with Gasteiger partial charge in [0.25, 0.3) is 17.7 Å². The van der Waals surface area contributed by atoms with Gasteiger partial charge in [-0.1, -0.05) is 125 Å². The van der Waals surface area contributed by atoms with Crippen LogP contribution in [-0.4, -0.2) is 218 Å². The first-order valence-corrected chi connectivity index (χ1v) is 44.6. The van der Waals surface area contributed by atoms with Gasteiger partial charge in [-0.05, 0) is 260 Å². The third-order valence-electron chi connectivity index (χ3n) is 23.1. The normalized spacial score (nSPS) is 18.6. The number of benzene rings is 8. The fourth-order valence-corrected chi connectivity index (χ4v) is 17.6. The summed E-state index contributed by atoms with van der Waals surface area (Å²) in [7, 11) is 0. The maximum Gasteiger partial charge on any atom is 0.410 e. The highest BCUT2D eigenvalue weighted by atomic mass is 35.5. The summed E-state index contributed by atoms with van der Waals surface area (Å²) in [6.07, 6.45) is 0.443. The van der Waals surface area contributed by atoms with E-state index in [2.05, 4.69) is 88.4 Å². The zero-order chi connectivity index (χ0) is 88.8. The van der Waals surface area contributed by atoms with Crippen molar-refractivity contribution in [2.24, 2.45) is 10.7 Å². The lowest BCUT2D eigenvalue weighted by Gasteiger charge is -2.40. The molecule has 0 bridgehead atoms. The topological polar surface area (TPSA) is 235 Å². The lowest BCUT2D eigenvalue weighted by Crippen LogP contribution is -2.54. The van der Waals surface area contributed by atoms with Crippen LogP contribution in [0.4, 0.5) is 27.5 Å². The van der Waals surface area contributed by atoms with E-state index in [0.29, 0.717) is 47.2 Å². The summed E-state index contributed by atoms with van der Waals surface area (Å²) in [5, 5.41) is 9.29. The molecule has 5 fully saturated rings. The number of nitrogens with zero attached hydrogens (tertiary/aromatic N) is 10. The minimum atomic E-state index is -0.469. The number of nitrogens with two attached hydrogens (primary N) is 4. The zero-order valence-electron chi connectivity index (χ0n) is 72.9. The number of thiocarbonyl (C=S) groups is 2. The second-order valence-electron chi connectivity index (χ2n) is 33.7. The number of nitrogen functional groups attached to an aromatic ring is 3. The highest BCUT2D eigenvalue weighted by Crippen LogP contribution is 2.33. The number of anilines is 3. The van der Waals surface area contributed by atoms with Crippen molar-refractivity contribution < 1.29 is 23.9 Å². The van der Waals surface area contributed by atoms with Gasteiger partial charge < -0.3 is 52.6 Å². The average Bonchev–Trinajstić information content (AvgIpc) is 0.830. The maximum atomic E-state index is 12.8. The number of hydrogen-bond acceptors (Lipinski definition) is 18. The Labute approximate surface area is 759 Å². The molecule has 5 aliphatic rings. The average molecular weight is 1800 g/mol. The van der Waals surface area contributed by atoms with Crippen molar-refractivity contribution in [3.8, 4) is 0 Å². The maximum absolute atomic E-state index is 12.8. The molecular formula is C95H122Cl5N15O5S2. The van der Waals surface area contributed by atoms with Gasteiger partial charge in [0.2, 0.25) is 0 Å². The van der Waals surface area contributed by atoms with Gasteiger partial charge >= 0.3 is 6.09 Å². The number of ether oxygens (including phenoxy) is 1. The van der Waals surface area contributed by atoms with E-state index in [1.807, 2.05) is 190 Å². The Bertz CT molecular complexity index is 4950. The second-order valence-corrected chi connectivity index (χ2v) is 36.7. The predicted molar refractivity (Wildman–Crippen MR) is 511 cm³/mol. The van der Waals surface area contributed by atoms with E-state index in [1.54, 1.807) is 23.1 Å². The molecule has 0 aromatic heterocycles. The van der Waals surface area contributed by atoms with Gasteiger partial charge in [0.05, 0.1) is 10.8 Å². The number of carbonyl (C=O) groups is 4. The van der Waals surface area contributed by atoms with Crippen LogP contribution < -0.4 is 28.3 Å². The summed E-state index contributed by atoms with van der Waals surface area (Å²) < 4.78 is 5.49. The van der Waals surface area contributed by atoms with Gasteiger partial charge in [-0.3, -0.25) is 38.9 Å². The predicted octanol–water partition coefficient (Wildman–Crippen LogP) is 17.9. The second kappa shape index (κ2) is 46.2. The Morgan fingerprint density at radius 2 is 0.738 bits per heavy atom. The van der Waals surface area contributed by atoms with Gasteiger partial charge in [0, 0.05) is 238 Å². The van der Waals surface area contributed by atoms with Crippen LogP contribution in [-0.2, 0) is 43.9 Å². The Morgan fingerprint density at radius 1 is 0.434 bits per heavy atom. The van der Waals surface area contributed by atoms with E-state index in [9.17, 15) is 19.2 Å². The fourth-order valence-electron chi connectivity index (χ4n) is 16.1.